The number of halogens is 2. The Bertz CT molecular complexity index is 433. The third kappa shape index (κ3) is 3.48. The van der Waals surface area contributed by atoms with E-state index in [0.717, 1.165) is 11.8 Å². The zero-order valence-corrected chi connectivity index (χ0v) is 10.6. The highest BCUT2D eigenvalue weighted by molar-refractivity contribution is 9.08. The zero-order chi connectivity index (χ0) is 10.8. The van der Waals surface area contributed by atoms with Crippen LogP contribution in [0.5, 0.6) is 0 Å². The minimum atomic E-state index is -3.23. The molecule has 0 aliphatic carbocycles. The summed E-state index contributed by atoms with van der Waals surface area (Å²) in [6.45, 7) is 0. The predicted octanol–water partition coefficient (Wildman–Crippen LogP) is 2.61. The minimum Gasteiger partial charge on any atom is -0.284 e. The first-order valence-electron chi connectivity index (χ1n) is 3.74. The quantitative estimate of drug-likeness (QED) is 0.872. The standard InChI is InChI=1S/C8H9BrClNO2S/c1-14(12,13)11-7-3-2-6(5-9)8(10)4-7/h2-4,11H,5H2,1H3. The topological polar surface area (TPSA) is 46.2 Å². The summed E-state index contributed by atoms with van der Waals surface area (Å²) in [6.07, 6.45) is 1.10. The van der Waals surface area contributed by atoms with Crippen LogP contribution in [0, 0.1) is 0 Å². The van der Waals surface area contributed by atoms with E-state index in [1.807, 2.05) is 0 Å². The molecular formula is C8H9BrClNO2S. The van der Waals surface area contributed by atoms with E-state index in [0.29, 0.717) is 16.0 Å². The normalized spacial score (nSPS) is 11.4. The molecule has 1 N–H and O–H groups in total. The number of sulfonamides is 1. The second-order valence-corrected chi connectivity index (χ2v) is 5.53. The largest absolute Gasteiger partial charge is 0.284 e. The third-order valence-electron chi connectivity index (χ3n) is 1.50. The van der Waals surface area contributed by atoms with Crippen molar-refractivity contribution in [1.82, 2.24) is 0 Å². The molecule has 0 fully saturated rings. The number of hydrogen-bond donors (Lipinski definition) is 1. The highest BCUT2D eigenvalue weighted by Crippen LogP contribution is 2.23. The van der Waals surface area contributed by atoms with Crippen molar-refractivity contribution in [1.29, 1.82) is 0 Å². The summed E-state index contributed by atoms with van der Waals surface area (Å²) in [5.74, 6) is 0. The van der Waals surface area contributed by atoms with E-state index < -0.39 is 10.0 Å². The smallest absolute Gasteiger partial charge is 0.229 e. The van der Waals surface area contributed by atoms with E-state index in [9.17, 15) is 8.42 Å². The van der Waals surface area contributed by atoms with Gasteiger partial charge >= 0.3 is 0 Å². The van der Waals surface area contributed by atoms with Crippen molar-refractivity contribution in [2.24, 2.45) is 0 Å². The van der Waals surface area contributed by atoms with Crippen LogP contribution in [-0.2, 0) is 15.4 Å². The molecule has 1 rings (SSSR count). The van der Waals surface area contributed by atoms with Gasteiger partial charge in [-0.25, -0.2) is 8.42 Å². The van der Waals surface area contributed by atoms with Crippen molar-refractivity contribution >= 4 is 43.2 Å². The highest BCUT2D eigenvalue weighted by atomic mass is 79.9. The van der Waals surface area contributed by atoms with Gasteiger partial charge in [0.05, 0.1) is 6.26 Å². The van der Waals surface area contributed by atoms with Gasteiger partial charge in [-0.1, -0.05) is 33.6 Å². The second-order valence-electron chi connectivity index (χ2n) is 2.81. The number of anilines is 1. The van der Waals surface area contributed by atoms with Crippen molar-refractivity contribution < 1.29 is 8.42 Å². The maximum atomic E-state index is 10.9. The number of hydrogen-bond acceptors (Lipinski definition) is 2. The van der Waals surface area contributed by atoms with E-state index in [-0.39, 0.29) is 0 Å². The third-order valence-corrected chi connectivity index (χ3v) is 3.06. The fourth-order valence-corrected chi connectivity index (χ4v) is 2.39. The van der Waals surface area contributed by atoms with Crippen molar-refractivity contribution in [2.75, 3.05) is 11.0 Å². The monoisotopic (exact) mass is 297 g/mol. The summed E-state index contributed by atoms with van der Waals surface area (Å²) in [7, 11) is -3.23. The van der Waals surface area contributed by atoms with E-state index in [4.69, 9.17) is 11.6 Å². The number of alkyl halides is 1. The van der Waals surface area contributed by atoms with Gasteiger partial charge in [0, 0.05) is 16.0 Å². The van der Waals surface area contributed by atoms with Crippen LogP contribution in [0.2, 0.25) is 5.02 Å². The lowest BCUT2D eigenvalue weighted by Crippen LogP contribution is -2.09. The van der Waals surface area contributed by atoms with Gasteiger partial charge in [0.2, 0.25) is 10.0 Å². The molecule has 0 saturated carbocycles. The lowest BCUT2D eigenvalue weighted by molar-refractivity contribution is 0.607. The fraction of sp³-hybridized carbons (Fsp3) is 0.250. The van der Waals surface area contributed by atoms with Crippen molar-refractivity contribution in [3.8, 4) is 0 Å². The van der Waals surface area contributed by atoms with Gasteiger partial charge in [-0.05, 0) is 17.7 Å². The molecule has 0 spiro atoms. The highest BCUT2D eigenvalue weighted by Gasteiger charge is 2.04. The Morgan fingerprint density at radius 3 is 2.57 bits per heavy atom. The summed E-state index contributed by atoms with van der Waals surface area (Å²) < 4.78 is 24.2. The average molecular weight is 299 g/mol. The summed E-state index contributed by atoms with van der Waals surface area (Å²) in [4.78, 5) is 0. The Kier molecular flexibility index (Phi) is 3.80. The van der Waals surface area contributed by atoms with Crippen molar-refractivity contribution in [2.45, 2.75) is 5.33 Å². The van der Waals surface area contributed by atoms with Crippen LogP contribution in [0.3, 0.4) is 0 Å². The summed E-state index contributed by atoms with van der Waals surface area (Å²) in [5, 5.41) is 1.18. The van der Waals surface area contributed by atoms with Gasteiger partial charge < -0.3 is 0 Å². The van der Waals surface area contributed by atoms with Crippen LogP contribution in [0.25, 0.3) is 0 Å². The molecule has 6 heteroatoms. The zero-order valence-electron chi connectivity index (χ0n) is 7.42. The van der Waals surface area contributed by atoms with Gasteiger partial charge in [0.15, 0.2) is 0 Å². The van der Waals surface area contributed by atoms with Gasteiger partial charge in [-0.2, -0.15) is 0 Å². The Labute approximate surface area is 96.6 Å². The first-order valence-corrected chi connectivity index (χ1v) is 7.13. The summed E-state index contributed by atoms with van der Waals surface area (Å²) in [6, 6.07) is 5.02. The van der Waals surface area contributed by atoms with Gasteiger partial charge in [0.25, 0.3) is 0 Å². The van der Waals surface area contributed by atoms with Crippen LogP contribution < -0.4 is 4.72 Å². The van der Waals surface area contributed by atoms with E-state index >= 15 is 0 Å². The number of nitrogens with one attached hydrogen (secondary N) is 1. The Morgan fingerprint density at radius 2 is 2.14 bits per heavy atom. The average Bonchev–Trinajstić information content (AvgIpc) is 2.01. The summed E-state index contributed by atoms with van der Waals surface area (Å²) in [5.41, 5.74) is 1.40. The fourth-order valence-electron chi connectivity index (χ4n) is 0.933. The molecule has 3 nitrogen and oxygen atoms in total. The van der Waals surface area contributed by atoms with Crippen LogP contribution >= 0.6 is 27.5 Å². The molecule has 0 heterocycles. The Hall–Kier alpha value is -0.260. The molecule has 1 aromatic carbocycles. The Balaban J connectivity index is 2.98. The summed E-state index contributed by atoms with van der Waals surface area (Å²) >= 11 is 9.16. The van der Waals surface area contributed by atoms with Crippen LogP contribution in [0.1, 0.15) is 5.56 Å². The van der Waals surface area contributed by atoms with Crippen molar-refractivity contribution in [3.05, 3.63) is 28.8 Å². The molecule has 0 atom stereocenters. The number of rotatable bonds is 3. The van der Waals surface area contributed by atoms with Gasteiger partial charge in [0.1, 0.15) is 0 Å². The van der Waals surface area contributed by atoms with E-state index in [2.05, 4.69) is 20.7 Å². The minimum absolute atomic E-state index is 0.474. The molecule has 0 radical (unpaired) electrons. The molecule has 0 amide bonds. The van der Waals surface area contributed by atoms with Gasteiger partial charge in [-0.3, -0.25) is 4.72 Å². The maximum absolute atomic E-state index is 10.9. The van der Waals surface area contributed by atoms with Gasteiger partial charge in [-0.15, -0.1) is 0 Å². The molecule has 0 bridgehead atoms. The lowest BCUT2D eigenvalue weighted by Gasteiger charge is -2.06. The lowest BCUT2D eigenvalue weighted by atomic mass is 10.2. The van der Waals surface area contributed by atoms with E-state index in [1.165, 1.54) is 0 Å². The predicted molar refractivity (Wildman–Crippen MR) is 62.5 cm³/mol. The molecule has 78 valence electrons. The molecule has 0 aliphatic rings. The molecular weight excluding hydrogens is 290 g/mol. The second kappa shape index (κ2) is 4.51. The molecule has 14 heavy (non-hydrogen) atoms. The molecule has 0 aromatic heterocycles. The van der Waals surface area contributed by atoms with Crippen LogP contribution in [0.4, 0.5) is 5.69 Å². The Morgan fingerprint density at radius 1 is 1.50 bits per heavy atom. The molecule has 0 saturated heterocycles. The van der Waals surface area contributed by atoms with Crippen molar-refractivity contribution in [3.63, 3.8) is 0 Å². The van der Waals surface area contributed by atoms with Crippen LogP contribution in [-0.4, -0.2) is 14.7 Å². The molecule has 0 aliphatic heterocycles. The molecule has 0 unspecified atom stereocenters. The molecule has 1 aromatic rings. The van der Waals surface area contributed by atoms with E-state index in [1.54, 1.807) is 18.2 Å². The maximum Gasteiger partial charge on any atom is 0.229 e. The number of benzene rings is 1. The first kappa shape index (κ1) is 11.8. The first-order chi connectivity index (χ1) is 6.42. The SMILES string of the molecule is CS(=O)(=O)Nc1ccc(CBr)c(Cl)c1. The van der Waals surface area contributed by atoms with Crippen LogP contribution in [0.15, 0.2) is 18.2 Å².